The lowest BCUT2D eigenvalue weighted by molar-refractivity contribution is -0.956. The maximum Gasteiger partial charge on any atom is 0.398 e. The minimum Gasteiger partial charge on any atom is -1.00 e. The number of thioether (sulfide) groups is 1. The monoisotopic (exact) mass is 606 g/mol. The van der Waals surface area contributed by atoms with Gasteiger partial charge in [0.1, 0.15) is 24.5 Å². The first-order valence-corrected chi connectivity index (χ1v) is 13.3. The summed E-state index contributed by atoms with van der Waals surface area (Å²) in [5, 5.41) is 45.9. The Morgan fingerprint density at radius 3 is 2.47 bits per heavy atom. The number of likely N-dealkylation sites (N-methyl/N-ethyl adjacent to an activating group) is 1. The van der Waals surface area contributed by atoms with E-state index in [0.717, 1.165) is 6.20 Å². The minimum absolute atomic E-state index is 0. The van der Waals surface area contributed by atoms with Gasteiger partial charge >= 0.3 is 16.4 Å². The van der Waals surface area contributed by atoms with Gasteiger partial charge in [0, 0.05) is 19.3 Å². The number of furan rings is 1. The third kappa shape index (κ3) is 9.86. The molecule has 1 fully saturated rings. The Bertz CT molecular complexity index is 1080. The van der Waals surface area contributed by atoms with Crippen molar-refractivity contribution in [3.63, 3.8) is 0 Å². The predicted molar refractivity (Wildman–Crippen MR) is 128 cm³/mol. The van der Waals surface area contributed by atoms with Crippen LogP contribution in [0.25, 0.3) is 0 Å². The second-order valence-electron chi connectivity index (χ2n) is 8.62. The fourth-order valence-electron chi connectivity index (χ4n) is 3.67. The Kier molecular flexibility index (Phi) is 12.7. The third-order valence-electron chi connectivity index (χ3n) is 5.32. The van der Waals surface area contributed by atoms with E-state index in [4.69, 9.17) is 13.7 Å². The number of carboxylic acid groups (broad SMARTS) is 1. The van der Waals surface area contributed by atoms with Crippen molar-refractivity contribution in [2.24, 2.45) is 0 Å². The maximum absolute atomic E-state index is 11.5. The number of hydrogen-bond acceptors (Lipinski definition) is 13. The molecule has 1 aliphatic rings. The third-order valence-corrected chi connectivity index (χ3v) is 6.77. The van der Waals surface area contributed by atoms with Crippen molar-refractivity contribution < 1.29 is 68.2 Å². The number of aliphatic hydroxyl groups is 2. The van der Waals surface area contributed by atoms with Gasteiger partial charge < -0.3 is 47.5 Å². The van der Waals surface area contributed by atoms with Gasteiger partial charge in [0.2, 0.25) is 6.23 Å². The van der Waals surface area contributed by atoms with Gasteiger partial charge in [0.25, 0.3) is 6.20 Å². The number of hydrogen-bond donors (Lipinski definition) is 6. The van der Waals surface area contributed by atoms with Gasteiger partial charge in [-0.2, -0.15) is 20.2 Å². The largest absolute Gasteiger partial charge is 1.00 e. The van der Waals surface area contributed by atoms with Crippen molar-refractivity contribution in [3.05, 3.63) is 45.8 Å². The Morgan fingerprint density at radius 2 is 1.92 bits per heavy atom. The van der Waals surface area contributed by atoms with Gasteiger partial charge in [-0.25, -0.2) is 8.98 Å². The molecular weight excluding hydrogens is 576 g/mol. The lowest BCUT2D eigenvalue weighted by atomic mass is 9.96. The normalized spacial score (nSPS) is 24.4. The molecule has 1 aromatic heterocycles. The minimum atomic E-state index is -5.09. The summed E-state index contributed by atoms with van der Waals surface area (Å²) in [5.74, 6) is 0.800. The average molecular weight is 607 g/mol. The highest BCUT2D eigenvalue weighted by Crippen LogP contribution is 2.31. The van der Waals surface area contributed by atoms with Crippen molar-refractivity contribution in [1.82, 2.24) is 10.6 Å². The molecule has 218 valence electrons. The van der Waals surface area contributed by atoms with Crippen LogP contribution in [-0.4, -0.2) is 108 Å². The summed E-state index contributed by atoms with van der Waals surface area (Å²) in [6, 6.07) is 3.38. The van der Waals surface area contributed by atoms with E-state index in [1.807, 2.05) is 0 Å². The number of aliphatic hydroxyl groups excluding tert-OH is 2. The second kappa shape index (κ2) is 14.3. The maximum atomic E-state index is 11.5. The summed E-state index contributed by atoms with van der Waals surface area (Å²) >= 11 is 1.50. The molecule has 38 heavy (non-hydrogen) atoms. The number of carbonyl (C=O) groups is 1. The van der Waals surface area contributed by atoms with Crippen molar-refractivity contribution in [2.75, 3.05) is 33.4 Å². The zero-order valence-corrected chi connectivity index (χ0v) is 23.0. The molecule has 0 bridgehead atoms. The van der Waals surface area contributed by atoms with Gasteiger partial charge in [0.15, 0.2) is 23.8 Å². The van der Waals surface area contributed by atoms with Crippen molar-refractivity contribution in [1.29, 1.82) is 0 Å². The molecule has 2 heterocycles. The van der Waals surface area contributed by atoms with E-state index in [-0.39, 0.29) is 29.3 Å². The second-order valence-corrected chi connectivity index (χ2v) is 10.8. The number of nitrogens with one attached hydrogen (secondary N) is 2. The van der Waals surface area contributed by atoms with Crippen LogP contribution >= 0.6 is 11.8 Å². The number of carboxylic acids is 1. The van der Waals surface area contributed by atoms with E-state index in [0.29, 0.717) is 29.6 Å². The van der Waals surface area contributed by atoms with E-state index in [1.54, 1.807) is 19.2 Å². The van der Waals surface area contributed by atoms with E-state index in [2.05, 4.69) is 14.8 Å². The fourth-order valence-corrected chi connectivity index (χ4v) is 4.91. The first kappa shape index (κ1) is 33.9. The highest BCUT2D eigenvalue weighted by atomic mass is 35.5. The molecule has 0 saturated carbocycles. The van der Waals surface area contributed by atoms with Crippen LogP contribution in [0, 0.1) is 10.1 Å². The molecule has 0 radical (unpaired) electrons. The van der Waals surface area contributed by atoms with Crippen LogP contribution in [0.3, 0.4) is 0 Å². The number of aliphatic carboxylic acids is 1. The molecular formula is C19H31ClN4O12S2. The van der Waals surface area contributed by atoms with Crippen molar-refractivity contribution in [3.8, 4) is 0 Å². The molecule has 5 unspecified atom stereocenters. The number of halogens is 1. The summed E-state index contributed by atoms with van der Waals surface area (Å²) in [4.78, 5) is 21.5. The standard InChI is InChI=1S/C19H30N4O12S2.ClH/c1-20-13(8-22(28)29)21-6-7-36-10-12-5-4-11(33-12)9-23(2,3)18-16(35-37(30,31)32)14(24)15(25)17(34-18)19(26)27;/h4-5,8,14-18,20-21,24-25H,6-7,9-10H2,1-3H3,(H-,26,27,30,31,32);1H. The van der Waals surface area contributed by atoms with Crippen LogP contribution in [0.4, 0.5) is 0 Å². The lowest BCUT2D eigenvalue weighted by Crippen LogP contribution is -3.00. The zero-order chi connectivity index (χ0) is 28.0. The van der Waals surface area contributed by atoms with E-state index < -0.39 is 51.9 Å². The molecule has 6 N–H and O–H groups in total. The molecule has 1 aliphatic heterocycles. The topological polar surface area (TPSA) is 231 Å². The van der Waals surface area contributed by atoms with Gasteiger partial charge in [0.05, 0.1) is 24.8 Å². The van der Waals surface area contributed by atoms with Gasteiger partial charge in [-0.05, 0) is 12.1 Å². The fraction of sp³-hybridized carbons (Fsp3) is 0.632. The van der Waals surface area contributed by atoms with Gasteiger partial charge in [-0.3, -0.25) is 19.2 Å². The molecule has 16 nitrogen and oxygen atoms in total. The summed E-state index contributed by atoms with van der Waals surface area (Å²) in [7, 11) is -0.460. The number of ether oxygens (including phenoxy) is 1. The summed E-state index contributed by atoms with van der Waals surface area (Å²) in [6.07, 6.45) is -8.33. The summed E-state index contributed by atoms with van der Waals surface area (Å²) < 4.78 is 47.3. The highest BCUT2D eigenvalue weighted by molar-refractivity contribution is 7.98. The van der Waals surface area contributed by atoms with Crippen molar-refractivity contribution >= 4 is 28.1 Å². The Hall–Kier alpha value is -2.16. The zero-order valence-electron chi connectivity index (χ0n) is 20.6. The van der Waals surface area contributed by atoms with Crippen LogP contribution in [0.5, 0.6) is 0 Å². The molecule has 0 aliphatic carbocycles. The molecule has 5 atom stereocenters. The smallest absolute Gasteiger partial charge is 0.398 e. The summed E-state index contributed by atoms with van der Waals surface area (Å²) in [6.45, 7) is 0.490. The number of rotatable bonds is 14. The predicted octanol–water partition coefficient (Wildman–Crippen LogP) is -4.30. The Balaban J connectivity index is 0.00000722. The molecule has 1 aromatic rings. The Morgan fingerprint density at radius 1 is 1.29 bits per heavy atom. The SMILES string of the molecule is CNC(=C[N+](=O)[O-])NCCSCc1ccc(C[N+](C)(C)C2OC(C(=O)O)C(O)C(O)C2OS(=O)(=O)O)o1.[Cl-]. The molecule has 2 rings (SSSR count). The molecule has 1 saturated heterocycles. The van der Waals surface area contributed by atoms with Crippen LogP contribution in [-0.2, 0) is 36.4 Å². The highest BCUT2D eigenvalue weighted by Gasteiger charge is 2.55. The van der Waals surface area contributed by atoms with Gasteiger partial charge in [-0.1, -0.05) is 0 Å². The molecule has 0 spiro atoms. The van der Waals surface area contributed by atoms with Crippen LogP contribution in [0.15, 0.2) is 28.6 Å². The van der Waals surface area contributed by atoms with Crippen LogP contribution < -0.4 is 23.0 Å². The van der Waals surface area contributed by atoms with Crippen molar-refractivity contribution in [2.45, 2.75) is 42.9 Å². The van der Waals surface area contributed by atoms with E-state index in [1.165, 1.54) is 25.9 Å². The van der Waals surface area contributed by atoms with Crippen LogP contribution in [0.2, 0.25) is 0 Å². The molecule has 19 heteroatoms. The first-order chi connectivity index (χ1) is 17.1. The van der Waals surface area contributed by atoms with E-state index >= 15 is 0 Å². The number of nitro groups is 1. The first-order valence-electron chi connectivity index (χ1n) is 10.8. The number of nitrogens with zero attached hydrogens (tertiary/aromatic N) is 2. The van der Waals surface area contributed by atoms with E-state index in [9.17, 15) is 38.6 Å². The summed E-state index contributed by atoms with van der Waals surface area (Å²) in [5.41, 5.74) is 0. The molecule has 0 amide bonds. The quantitative estimate of drug-likeness (QED) is 0.0386. The average Bonchev–Trinajstić information content (AvgIpc) is 3.20. The lowest BCUT2D eigenvalue weighted by Gasteiger charge is -2.46. The van der Waals surface area contributed by atoms with Gasteiger partial charge in [-0.15, -0.1) is 0 Å². The Labute approximate surface area is 229 Å². The molecule has 0 aromatic carbocycles. The number of quaternary nitrogens is 1. The van der Waals surface area contributed by atoms with Crippen LogP contribution in [0.1, 0.15) is 11.5 Å².